The lowest BCUT2D eigenvalue weighted by atomic mass is 10.0. The molecule has 27 heavy (non-hydrogen) atoms. The summed E-state index contributed by atoms with van der Waals surface area (Å²) in [5.41, 5.74) is 1.22. The molecule has 1 heterocycles. The molecule has 2 aromatic carbocycles. The normalized spacial score (nSPS) is 16.7. The Labute approximate surface area is 160 Å². The van der Waals surface area contributed by atoms with E-state index in [1.165, 1.54) is 5.56 Å². The summed E-state index contributed by atoms with van der Waals surface area (Å²) in [6.45, 7) is 2.25. The van der Waals surface area contributed by atoms with Crippen LogP contribution >= 0.6 is 0 Å². The van der Waals surface area contributed by atoms with Gasteiger partial charge in [-0.1, -0.05) is 30.3 Å². The molecule has 1 unspecified atom stereocenters. The number of nitrogens with one attached hydrogen (secondary N) is 1. The van der Waals surface area contributed by atoms with Gasteiger partial charge in [-0.3, -0.25) is 4.79 Å². The van der Waals surface area contributed by atoms with E-state index in [1.54, 1.807) is 32.4 Å². The number of piperazine rings is 1. The summed E-state index contributed by atoms with van der Waals surface area (Å²) in [6.07, 6.45) is 0.826. The highest BCUT2D eigenvalue weighted by atomic mass is 16.5. The Balaban J connectivity index is 1.63. The van der Waals surface area contributed by atoms with Crippen molar-refractivity contribution in [3.8, 4) is 17.2 Å². The van der Waals surface area contributed by atoms with E-state index in [-0.39, 0.29) is 18.6 Å². The van der Waals surface area contributed by atoms with E-state index in [1.807, 2.05) is 23.1 Å². The van der Waals surface area contributed by atoms with Crippen LogP contribution in [0.15, 0.2) is 48.5 Å². The number of hydrogen-bond donors (Lipinski definition) is 1. The molecule has 1 aliphatic heterocycles. The Bertz CT molecular complexity index is 729. The molecule has 3 rings (SSSR count). The predicted molar refractivity (Wildman–Crippen MR) is 104 cm³/mol. The second-order valence-electron chi connectivity index (χ2n) is 6.47. The standard InChI is InChI=1S/C21H26N2O4/c1-25-18-11-19(26-2)13-20(12-18)27-15-21(24)23-9-8-22-14-17(23)10-16-6-4-3-5-7-16/h3-7,11-13,17,22H,8-10,14-15H2,1-2H3. The summed E-state index contributed by atoms with van der Waals surface area (Å²) in [5.74, 6) is 1.79. The SMILES string of the molecule is COc1cc(OC)cc(OCC(=O)N2CCNCC2Cc2ccccc2)c1. The molecule has 0 aromatic heterocycles. The van der Waals surface area contributed by atoms with Crippen LogP contribution in [0.4, 0.5) is 0 Å². The topological polar surface area (TPSA) is 60.0 Å². The lowest BCUT2D eigenvalue weighted by Gasteiger charge is -2.36. The summed E-state index contributed by atoms with van der Waals surface area (Å²) in [7, 11) is 3.16. The van der Waals surface area contributed by atoms with Crippen molar-refractivity contribution in [2.45, 2.75) is 12.5 Å². The molecular weight excluding hydrogens is 344 g/mol. The number of ether oxygens (including phenoxy) is 3. The number of hydrogen-bond acceptors (Lipinski definition) is 5. The highest BCUT2D eigenvalue weighted by molar-refractivity contribution is 5.78. The van der Waals surface area contributed by atoms with Gasteiger partial charge >= 0.3 is 0 Å². The molecule has 6 heteroatoms. The highest BCUT2D eigenvalue weighted by Gasteiger charge is 2.27. The third-order valence-electron chi connectivity index (χ3n) is 4.67. The summed E-state index contributed by atoms with van der Waals surface area (Å²) in [6, 6.07) is 15.6. The molecule has 6 nitrogen and oxygen atoms in total. The first-order chi connectivity index (χ1) is 13.2. The molecule has 1 N–H and O–H groups in total. The van der Waals surface area contributed by atoms with Gasteiger partial charge < -0.3 is 24.4 Å². The molecule has 1 fully saturated rings. The number of nitrogens with zero attached hydrogens (tertiary/aromatic N) is 1. The van der Waals surface area contributed by atoms with Gasteiger partial charge in [0.25, 0.3) is 5.91 Å². The smallest absolute Gasteiger partial charge is 0.260 e. The Morgan fingerprint density at radius 1 is 1.07 bits per heavy atom. The number of carbonyl (C=O) groups excluding carboxylic acids is 1. The van der Waals surface area contributed by atoms with Gasteiger partial charge in [-0.2, -0.15) is 0 Å². The van der Waals surface area contributed by atoms with Crippen molar-refractivity contribution < 1.29 is 19.0 Å². The maximum Gasteiger partial charge on any atom is 0.260 e. The molecule has 1 aliphatic rings. The zero-order chi connectivity index (χ0) is 19.1. The number of benzene rings is 2. The van der Waals surface area contributed by atoms with Gasteiger partial charge in [-0.05, 0) is 12.0 Å². The van der Waals surface area contributed by atoms with Crippen LogP contribution in [0, 0.1) is 0 Å². The predicted octanol–water partition coefficient (Wildman–Crippen LogP) is 2.13. The van der Waals surface area contributed by atoms with Gasteiger partial charge in [0.2, 0.25) is 0 Å². The van der Waals surface area contributed by atoms with Crippen LogP contribution in [-0.2, 0) is 11.2 Å². The van der Waals surface area contributed by atoms with Crippen molar-refractivity contribution in [1.29, 1.82) is 0 Å². The van der Waals surface area contributed by atoms with Gasteiger partial charge in [0.05, 0.1) is 14.2 Å². The van der Waals surface area contributed by atoms with E-state index >= 15 is 0 Å². The van der Waals surface area contributed by atoms with Crippen LogP contribution < -0.4 is 19.5 Å². The van der Waals surface area contributed by atoms with Crippen LogP contribution in [0.25, 0.3) is 0 Å². The molecule has 1 amide bonds. The lowest BCUT2D eigenvalue weighted by Crippen LogP contribution is -2.55. The minimum absolute atomic E-state index is 0.0123. The molecule has 1 atom stereocenters. The average molecular weight is 370 g/mol. The van der Waals surface area contributed by atoms with Crippen LogP contribution in [0.1, 0.15) is 5.56 Å². The minimum Gasteiger partial charge on any atom is -0.496 e. The summed E-state index contributed by atoms with van der Waals surface area (Å²) >= 11 is 0. The molecular formula is C21H26N2O4. The van der Waals surface area contributed by atoms with Crippen LogP contribution in [0.5, 0.6) is 17.2 Å². The fourth-order valence-corrected chi connectivity index (χ4v) is 3.25. The molecule has 144 valence electrons. The number of carbonyl (C=O) groups is 1. The number of rotatable bonds is 7. The maximum atomic E-state index is 12.8. The second kappa shape index (κ2) is 9.28. The maximum absolute atomic E-state index is 12.8. The van der Waals surface area contributed by atoms with Gasteiger partial charge in [0.15, 0.2) is 6.61 Å². The van der Waals surface area contributed by atoms with Crippen LogP contribution in [-0.4, -0.2) is 57.3 Å². The molecule has 0 saturated carbocycles. The molecule has 0 radical (unpaired) electrons. The molecule has 1 saturated heterocycles. The first-order valence-corrected chi connectivity index (χ1v) is 9.09. The molecule has 0 bridgehead atoms. The molecule has 0 spiro atoms. The number of methoxy groups -OCH3 is 2. The van der Waals surface area contributed by atoms with E-state index in [4.69, 9.17) is 14.2 Å². The number of amides is 1. The monoisotopic (exact) mass is 370 g/mol. The van der Waals surface area contributed by atoms with E-state index in [2.05, 4.69) is 17.4 Å². The van der Waals surface area contributed by atoms with E-state index in [9.17, 15) is 4.79 Å². The van der Waals surface area contributed by atoms with Crippen LogP contribution in [0.3, 0.4) is 0 Å². The highest BCUT2D eigenvalue weighted by Crippen LogP contribution is 2.27. The van der Waals surface area contributed by atoms with Gasteiger partial charge in [-0.15, -0.1) is 0 Å². The van der Waals surface area contributed by atoms with Crippen molar-refractivity contribution in [3.63, 3.8) is 0 Å². The molecule has 2 aromatic rings. The fourth-order valence-electron chi connectivity index (χ4n) is 3.25. The minimum atomic E-state index is -0.0146. The summed E-state index contributed by atoms with van der Waals surface area (Å²) in [4.78, 5) is 14.7. The van der Waals surface area contributed by atoms with Gasteiger partial charge in [0.1, 0.15) is 17.2 Å². The van der Waals surface area contributed by atoms with Gasteiger partial charge in [-0.25, -0.2) is 0 Å². The summed E-state index contributed by atoms with van der Waals surface area (Å²) < 4.78 is 16.2. The van der Waals surface area contributed by atoms with Crippen molar-refractivity contribution in [2.75, 3.05) is 40.5 Å². The Morgan fingerprint density at radius 2 is 1.74 bits per heavy atom. The Morgan fingerprint density at radius 3 is 2.41 bits per heavy atom. The zero-order valence-electron chi connectivity index (χ0n) is 15.8. The quantitative estimate of drug-likeness (QED) is 0.809. The Kier molecular flexibility index (Phi) is 6.54. The van der Waals surface area contributed by atoms with Crippen LogP contribution in [0.2, 0.25) is 0 Å². The third kappa shape index (κ3) is 5.14. The van der Waals surface area contributed by atoms with E-state index in [0.29, 0.717) is 23.8 Å². The first kappa shape index (κ1) is 19.0. The fraction of sp³-hybridized carbons (Fsp3) is 0.381. The van der Waals surface area contributed by atoms with Crippen molar-refractivity contribution >= 4 is 5.91 Å². The van der Waals surface area contributed by atoms with Gasteiger partial charge in [0, 0.05) is 43.9 Å². The van der Waals surface area contributed by atoms with Crippen molar-refractivity contribution in [3.05, 3.63) is 54.1 Å². The summed E-state index contributed by atoms with van der Waals surface area (Å²) in [5, 5.41) is 3.38. The second-order valence-corrected chi connectivity index (χ2v) is 6.47. The Hall–Kier alpha value is -2.73. The average Bonchev–Trinajstić information content (AvgIpc) is 2.72. The third-order valence-corrected chi connectivity index (χ3v) is 4.67. The van der Waals surface area contributed by atoms with E-state index < -0.39 is 0 Å². The largest absolute Gasteiger partial charge is 0.496 e. The first-order valence-electron chi connectivity index (χ1n) is 9.09. The lowest BCUT2D eigenvalue weighted by molar-refractivity contribution is -0.136. The molecule has 0 aliphatic carbocycles. The van der Waals surface area contributed by atoms with Crippen molar-refractivity contribution in [2.24, 2.45) is 0 Å². The van der Waals surface area contributed by atoms with E-state index in [0.717, 1.165) is 19.5 Å². The van der Waals surface area contributed by atoms with Crippen molar-refractivity contribution in [1.82, 2.24) is 10.2 Å². The zero-order valence-corrected chi connectivity index (χ0v) is 15.8.